The summed E-state index contributed by atoms with van der Waals surface area (Å²) in [6, 6.07) is 0. The molecule has 3 heteroatoms. The summed E-state index contributed by atoms with van der Waals surface area (Å²) in [5.41, 5.74) is 0. The molecule has 0 aromatic carbocycles. The van der Waals surface area contributed by atoms with Gasteiger partial charge >= 0.3 is 0 Å². The maximum absolute atomic E-state index is 12.1. The minimum atomic E-state index is -2.82. The van der Waals surface area contributed by atoms with Crippen LogP contribution < -0.4 is 0 Å². The second-order valence-corrected chi connectivity index (χ2v) is 7.45. The van der Waals surface area contributed by atoms with Crippen LogP contribution in [0, 0.1) is 11.8 Å². The molecule has 1 fully saturated rings. The average molecular weight is 218 g/mol. The van der Waals surface area contributed by atoms with Gasteiger partial charge in [-0.3, -0.25) is 0 Å². The van der Waals surface area contributed by atoms with Gasteiger partial charge in [-0.15, -0.1) is 0 Å². The Kier molecular flexibility index (Phi) is 3.62. The van der Waals surface area contributed by atoms with Crippen LogP contribution in [0.4, 0.5) is 0 Å². The molecular formula is C11H22O2S. The summed E-state index contributed by atoms with van der Waals surface area (Å²) in [7, 11) is -2.82. The van der Waals surface area contributed by atoms with E-state index in [1.165, 1.54) is 0 Å². The molecule has 0 amide bonds. The van der Waals surface area contributed by atoms with Crippen molar-refractivity contribution >= 4 is 9.84 Å². The first kappa shape index (κ1) is 12.0. The minimum absolute atomic E-state index is 0.0672. The molecule has 1 aliphatic heterocycles. The highest BCUT2D eigenvalue weighted by Gasteiger charge is 2.44. The van der Waals surface area contributed by atoms with Crippen molar-refractivity contribution < 1.29 is 8.42 Å². The lowest BCUT2D eigenvalue weighted by Crippen LogP contribution is -2.25. The van der Waals surface area contributed by atoms with E-state index in [1.807, 2.05) is 6.92 Å². The Bertz CT molecular complexity index is 280. The number of rotatable bonds is 3. The molecule has 2 nitrogen and oxygen atoms in total. The summed E-state index contributed by atoms with van der Waals surface area (Å²) < 4.78 is 24.1. The van der Waals surface area contributed by atoms with Crippen LogP contribution in [0.3, 0.4) is 0 Å². The van der Waals surface area contributed by atoms with Gasteiger partial charge in [-0.25, -0.2) is 8.42 Å². The van der Waals surface area contributed by atoms with Gasteiger partial charge in [-0.1, -0.05) is 27.7 Å². The molecule has 0 saturated carbocycles. The second kappa shape index (κ2) is 4.21. The molecule has 0 aliphatic carbocycles. The molecule has 3 unspecified atom stereocenters. The zero-order valence-corrected chi connectivity index (χ0v) is 10.5. The van der Waals surface area contributed by atoms with Crippen molar-refractivity contribution in [3.8, 4) is 0 Å². The van der Waals surface area contributed by atoms with Gasteiger partial charge in [0.2, 0.25) is 0 Å². The Hall–Kier alpha value is -0.0500. The third kappa shape index (κ3) is 2.13. The van der Waals surface area contributed by atoms with Gasteiger partial charge in [-0.05, 0) is 31.1 Å². The van der Waals surface area contributed by atoms with Crippen LogP contribution in [-0.2, 0) is 9.84 Å². The average Bonchev–Trinajstić information content (AvgIpc) is 2.21. The molecule has 0 bridgehead atoms. The van der Waals surface area contributed by atoms with Gasteiger partial charge < -0.3 is 0 Å². The van der Waals surface area contributed by atoms with E-state index in [4.69, 9.17) is 0 Å². The number of sulfone groups is 1. The monoisotopic (exact) mass is 218 g/mol. The van der Waals surface area contributed by atoms with E-state index < -0.39 is 9.84 Å². The van der Waals surface area contributed by atoms with E-state index in [0.29, 0.717) is 11.8 Å². The van der Waals surface area contributed by atoms with Gasteiger partial charge in [-0.2, -0.15) is 0 Å². The van der Waals surface area contributed by atoms with E-state index >= 15 is 0 Å². The third-order valence-electron chi connectivity index (χ3n) is 3.29. The standard InChI is InChI=1S/C11H22O2S/c1-5-11-9(4)7-10(6-8(2)3)14(11,12)13/h8-11H,5-7H2,1-4H3. The van der Waals surface area contributed by atoms with Crippen LogP contribution in [0.1, 0.15) is 47.0 Å². The molecule has 1 saturated heterocycles. The van der Waals surface area contributed by atoms with E-state index in [9.17, 15) is 8.42 Å². The summed E-state index contributed by atoms with van der Waals surface area (Å²) in [5, 5.41) is -0.145. The van der Waals surface area contributed by atoms with E-state index in [2.05, 4.69) is 20.8 Å². The summed E-state index contributed by atoms with van der Waals surface area (Å²) in [6.45, 7) is 8.25. The Morgan fingerprint density at radius 1 is 1.36 bits per heavy atom. The molecular weight excluding hydrogens is 196 g/mol. The first-order chi connectivity index (χ1) is 6.39. The summed E-state index contributed by atoms with van der Waals surface area (Å²) >= 11 is 0. The van der Waals surface area contributed by atoms with Crippen LogP contribution in [0.2, 0.25) is 0 Å². The maximum Gasteiger partial charge on any atom is 0.156 e. The molecule has 1 aliphatic rings. The fourth-order valence-electron chi connectivity index (χ4n) is 2.66. The van der Waals surface area contributed by atoms with Crippen molar-refractivity contribution in [3.63, 3.8) is 0 Å². The summed E-state index contributed by atoms with van der Waals surface area (Å²) in [5.74, 6) is 0.839. The molecule has 0 aromatic heterocycles. The second-order valence-electron chi connectivity index (χ2n) is 5.00. The predicted molar refractivity (Wildman–Crippen MR) is 60.0 cm³/mol. The first-order valence-electron chi connectivity index (χ1n) is 5.62. The summed E-state index contributed by atoms with van der Waals surface area (Å²) in [4.78, 5) is 0. The fourth-order valence-corrected chi connectivity index (χ4v) is 5.61. The van der Waals surface area contributed by atoms with Gasteiger partial charge in [0.05, 0.1) is 10.5 Å². The quantitative estimate of drug-likeness (QED) is 0.729. The van der Waals surface area contributed by atoms with Gasteiger partial charge in [0.15, 0.2) is 9.84 Å². The van der Waals surface area contributed by atoms with Crippen LogP contribution in [-0.4, -0.2) is 18.9 Å². The smallest absolute Gasteiger partial charge is 0.156 e. The van der Waals surface area contributed by atoms with Crippen molar-refractivity contribution in [1.29, 1.82) is 0 Å². The van der Waals surface area contributed by atoms with Crippen LogP contribution in [0.25, 0.3) is 0 Å². The minimum Gasteiger partial charge on any atom is -0.228 e. The normalized spacial score (nSPS) is 36.5. The molecule has 84 valence electrons. The highest BCUT2D eigenvalue weighted by Crippen LogP contribution is 2.37. The fraction of sp³-hybridized carbons (Fsp3) is 1.00. The molecule has 1 rings (SSSR count). The molecule has 0 aromatic rings. The number of hydrogen-bond acceptors (Lipinski definition) is 2. The van der Waals surface area contributed by atoms with Crippen LogP contribution >= 0.6 is 0 Å². The Morgan fingerprint density at radius 2 is 1.93 bits per heavy atom. The Morgan fingerprint density at radius 3 is 2.29 bits per heavy atom. The molecule has 14 heavy (non-hydrogen) atoms. The van der Waals surface area contributed by atoms with Crippen molar-refractivity contribution in [1.82, 2.24) is 0 Å². The topological polar surface area (TPSA) is 34.1 Å². The molecule has 0 radical (unpaired) electrons. The molecule has 1 heterocycles. The Balaban J connectivity index is 2.83. The Labute approximate surface area is 88.0 Å². The SMILES string of the molecule is CCC1C(C)CC(CC(C)C)S1(=O)=O. The lowest BCUT2D eigenvalue weighted by Gasteiger charge is -2.14. The summed E-state index contributed by atoms with van der Waals surface area (Å²) in [6.07, 6.45) is 2.49. The predicted octanol–water partition coefficient (Wildman–Crippen LogP) is 2.63. The zero-order valence-electron chi connectivity index (χ0n) is 9.66. The first-order valence-corrected chi connectivity index (χ1v) is 7.23. The van der Waals surface area contributed by atoms with Crippen molar-refractivity contribution in [3.05, 3.63) is 0 Å². The lowest BCUT2D eigenvalue weighted by molar-refractivity contribution is 0.483. The van der Waals surface area contributed by atoms with Gasteiger partial charge in [0.1, 0.15) is 0 Å². The van der Waals surface area contributed by atoms with Crippen molar-refractivity contribution in [2.75, 3.05) is 0 Å². The van der Waals surface area contributed by atoms with E-state index in [1.54, 1.807) is 0 Å². The molecule has 3 atom stereocenters. The molecule has 0 spiro atoms. The highest BCUT2D eigenvalue weighted by atomic mass is 32.2. The van der Waals surface area contributed by atoms with E-state index in [0.717, 1.165) is 19.3 Å². The largest absolute Gasteiger partial charge is 0.228 e. The molecule has 0 N–H and O–H groups in total. The van der Waals surface area contributed by atoms with Crippen LogP contribution in [0.15, 0.2) is 0 Å². The third-order valence-corrected chi connectivity index (χ3v) is 6.25. The van der Waals surface area contributed by atoms with E-state index in [-0.39, 0.29) is 10.5 Å². The van der Waals surface area contributed by atoms with Crippen molar-refractivity contribution in [2.24, 2.45) is 11.8 Å². The maximum atomic E-state index is 12.1. The van der Waals surface area contributed by atoms with Crippen molar-refractivity contribution in [2.45, 2.75) is 57.5 Å². The zero-order chi connectivity index (χ0) is 10.9. The highest BCUT2D eigenvalue weighted by molar-refractivity contribution is 7.92. The van der Waals surface area contributed by atoms with Gasteiger partial charge in [0, 0.05) is 0 Å². The lowest BCUT2D eigenvalue weighted by atomic mass is 9.96. The van der Waals surface area contributed by atoms with Crippen LogP contribution in [0.5, 0.6) is 0 Å². The van der Waals surface area contributed by atoms with Gasteiger partial charge in [0.25, 0.3) is 0 Å². The number of hydrogen-bond donors (Lipinski definition) is 0.